The molecule has 0 aliphatic heterocycles. The quantitative estimate of drug-likeness (QED) is 0.898. The molecule has 0 saturated heterocycles. The largest absolute Gasteiger partial charge is 0.390 e. The first-order valence-electron chi connectivity index (χ1n) is 9.92. The van der Waals surface area contributed by atoms with E-state index in [1.807, 2.05) is 0 Å². The van der Waals surface area contributed by atoms with Gasteiger partial charge >= 0.3 is 0 Å². The topological polar surface area (TPSA) is 54.6 Å². The normalized spacial score (nSPS) is 40.5. The van der Waals surface area contributed by atoms with Crippen molar-refractivity contribution in [1.82, 2.24) is 4.57 Å². The highest BCUT2D eigenvalue weighted by atomic mass is 32.1. The number of aromatic nitrogens is 1. The summed E-state index contributed by atoms with van der Waals surface area (Å²) in [5, 5.41) is 10.9. The van der Waals surface area contributed by atoms with Gasteiger partial charge in [-0.1, -0.05) is 6.42 Å². The molecule has 2 unspecified atom stereocenters. The van der Waals surface area contributed by atoms with E-state index < -0.39 is 5.60 Å². The lowest BCUT2D eigenvalue weighted by molar-refractivity contribution is -0.175. The zero-order valence-corrected chi connectivity index (χ0v) is 15.9. The van der Waals surface area contributed by atoms with E-state index in [1.165, 1.54) is 30.6 Å². The van der Waals surface area contributed by atoms with Crippen LogP contribution in [0.5, 0.6) is 0 Å². The number of nitrogens with zero attached hydrogens (tertiary/aromatic N) is 2. The van der Waals surface area contributed by atoms with Gasteiger partial charge in [0, 0.05) is 17.6 Å². The number of hydrogen-bond acceptors (Lipinski definition) is 3. The second-order valence-corrected chi connectivity index (χ2v) is 10.7. The lowest BCUT2D eigenvalue weighted by Crippen LogP contribution is -2.58. The van der Waals surface area contributed by atoms with Crippen LogP contribution >= 0.6 is 11.3 Å². The van der Waals surface area contributed by atoms with Gasteiger partial charge in [-0.15, -0.1) is 11.3 Å². The highest BCUT2D eigenvalue weighted by molar-refractivity contribution is 7.09. The van der Waals surface area contributed by atoms with Crippen LogP contribution < -0.4 is 4.80 Å². The first kappa shape index (κ1) is 16.2. The molecule has 4 nitrogen and oxygen atoms in total. The number of hydrogen-bond donors (Lipinski definition) is 1. The molecular weight excluding hydrogens is 332 g/mol. The maximum absolute atomic E-state index is 13.3. The number of rotatable bonds is 3. The SMILES string of the molecule is Cc1cn(CC2CCC2)c(=NC(=O)C23CC4CC(CC(O)(C4)C2)C3)s1. The summed E-state index contributed by atoms with van der Waals surface area (Å²) in [4.78, 5) is 20.0. The lowest BCUT2D eigenvalue weighted by atomic mass is 9.47. The number of carbonyl (C=O) groups is 1. The molecule has 25 heavy (non-hydrogen) atoms. The molecule has 5 saturated carbocycles. The Morgan fingerprint density at radius 1 is 1.32 bits per heavy atom. The van der Waals surface area contributed by atoms with E-state index in [1.54, 1.807) is 11.3 Å². The third-order valence-corrected chi connectivity index (χ3v) is 8.13. The van der Waals surface area contributed by atoms with Crippen molar-refractivity contribution in [2.75, 3.05) is 0 Å². The predicted octanol–water partition coefficient (Wildman–Crippen LogP) is 3.42. The molecule has 1 N–H and O–H groups in total. The molecule has 5 heteroatoms. The molecule has 5 aliphatic rings. The zero-order chi connectivity index (χ0) is 17.2. The number of carbonyl (C=O) groups excluding carboxylic acids is 1. The van der Waals surface area contributed by atoms with Gasteiger partial charge in [0.1, 0.15) is 0 Å². The van der Waals surface area contributed by atoms with Crippen molar-refractivity contribution in [1.29, 1.82) is 0 Å². The summed E-state index contributed by atoms with van der Waals surface area (Å²) in [7, 11) is 0. The summed E-state index contributed by atoms with van der Waals surface area (Å²) in [6.07, 6.45) is 11.6. The minimum absolute atomic E-state index is 0.0456. The Balaban J connectivity index is 1.46. The Morgan fingerprint density at radius 3 is 2.64 bits per heavy atom. The van der Waals surface area contributed by atoms with E-state index >= 15 is 0 Å². The second kappa shape index (κ2) is 5.53. The Kier molecular flexibility index (Phi) is 3.59. The molecule has 0 spiro atoms. The molecule has 5 fully saturated rings. The van der Waals surface area contributed by atoms with Crippen LogP contribution in [0.3, 0.4) is 0 Å². The number of aliphatic hydroxyl groups is 1. The minimum atomic E-state index is -0.595. The average molecular weight is 361 g/mol. The van der Waals surface area contributed by atoms with Gasteiger partial charge in [-0.3, -0.25) is 4.79 Å². The summed E-state index contributed by atoms with van der Waals surface area (Å²) in [5.41, 5.74) is -0.979. The second-order valence-electron chi connectivity index (χ2n) is 9.46. The maximum atomic E-state index is 13.3. The standard InChI is InChI=1S/C20H28N2O2S/c1-13-10-22(11-14-3-2-4-14)18(25-13)21-17(23)19-6-15-5-16(7-19)9-20(24,8-15)12-19/h10,14-16,24H,2-9,11-12H2,1H3. The first-order valence-corrected chi connectivity index (χ1v) is 10.7. The molecule has 0 aromatic carbocycles. The van der Waals surface area contributed by atoms with Crippen LogP contribution in [0.2, 0.25) is 0 Å². The monoisotopic (exact) mass is 360 g/mol. The molecule has 0 radical (unpaired) electrons. The van der Waals surface area contributed by atoms with E-state index in [4.69, 9.17) is 0 Å². The summed E-state index contributed by atoms with van der Waals surface area (Å²) < 4.78 is 2.21. The van der Waals surface area contributed by atoms with Crippen molar-refractivity contribution < 1.29 is 9.90 Å². The van der Waals surface area contributed by atoms with Crippen LogP contribution in [0.4, 0.5) is 0 Å². The molecular formula is C20H28N2O2S. The van der Waals surface area contributed by atoms with Crippen LogP contribution in [0.15, 0.2) is 11.2 Å². The van der Waals surface area contributed by atoms with Crippen molar-refractivity contribution in [2.45, 2.75) is 76.9 Å². The highest BCUT2D eigenvalue weighted by Crippen LogP contribution is 2.61. The molecule has 1 heterocycles. The fourth-order valence-corrected chi connectivity index (χ4v) is 7.19. The molecule has 1 amide bonds. The number of aryl methyl sites for hydroxylation is 1. The third kappa shape index (κ3) is 2.74. The van der Waals surface area contributed by atoms with Gasteiger partial charge in [0.2, 0.25) is 0 Å². The molecule has 2 atom stereocenters. The zero-order valence-electron chi connectivity index (χ0n) is 15.0. The Morgan fingerprint density at radius 2 is 2.04 bits per heavy atom. The smallest absolute Gasteiger partial charge is 0.254 e. The molecule has 5 aliphatic carbocycles. The van der Waals surface area contributed by atoms with E-state index in [0.717, 1.165) is 42.9 Å². The fourth-order valence-electron chi connectivity index (χ4n) is 6.34. The molecule has 6 rings (SSSR count). The Labute approximate surface area is 153 Å². The van der Waals surface area contributed by atoms with E-state index in [9.17, 15) is 9.90 Å². The molecule has 1 aromatic rings. The Bertz CT molecular complexity index is 759. The molecule has 136 valence electrons. The summed E-state index contributed by atoms with van der Waals surface area (Å²) >= 11 is 1.64. The van der Waals surface area contributed by atoms with E-state index in [2.05, 4.69) is 22.7 Å². The van der Waals surface area contributed by atoms with Crippen molar-refractivity contribution in [3.05, 3.63) is 15.9 Å². The number of thiazole rings is 1. The lowest BCUT2D eigenvalue weighted by Gasteiger charge is -2.58. The van der Waals surface area contributed by atoms with Gasteiger partial charge in [-0.25, -0.2) is 0 Å². The van der Waals surface area contributed by atoms with Crippen LogP contribution in [0.25, 0.3) is 0 Å². The summed E-state index contributed by atoms with van der Waals surface area (Å²) in [6, 6.07) is 0. The van der Waals surface area contributed by atoms with Crippen LogP contribution in [0, 0.1) is 30.1 Å². The number of amides is 1. The van der Waals surface area contributed by atoms with Crippen LogP contribution in [-0.4, -0.2) is 21.2 Å². The van der Waals surface area contributed by atoms with E-state index in [-0.39, 0.29) is 11.3 Å². The van der Waals surface area contributed by atoms with Gasteiger partial charge in [0.05, 0.1) is 11.0 Å². The van der Waals surface area contributed by atoms with Gasteiger partial charge < -0.3 is 9.67 Å². The van der Waals surface area contributed by atoms with E-state index in [0.29, 0.717) is 18.3 Å². The van der Waals surface area contributed by atoms with Gasteiger partial charge in [-0.05, 0) is 76.0 Å². The highest BCUT2D eigenvalue weighted by Gasteiger charge is 2.60. The average Bonchev–Trinajstić information content (AvgIpc) is 2.80. The summed E-state index contributed by atoms with van der Waals surface area (Å²) in [5.74, 6) is 1.85. The van der Waals surface area contributed by atoms with Crippen molar-refractivity contribution in [3.63, 3.8) is 0 Å². The van der Waals surface area contributed by atoms with Crippen molar-refractivity contribution >= 4 is 17.2 Å². The van der Waals surface area contributed by atoms with Crippen LogP contribution in [0.1, 0.15) is 62.7 Å². The van der Waals surface area contributed by atoms with Gasteiger partial charge in [-0.2, -0.15) is 4.99 Å². The first-order chi connectivity index (χ1) is 11.9. The van der Waals surface area contributed by atoms with Crippen molar-refractivity contribution in [3.8, 4) is 0 Å². The van der Waals surface area contributed by atoms with Gasteiger partial charge in [0.25, 0.3) is 5.91 Å². The third-order valence-electron chi connectivity index (χ3n) is 7.20. The van der Waals surface area contributed by atoms with Gasteiger partial charge in [0.15, 0.2) is 4.80 Å². The van der Waals surface area contributed by atoms with Crippen molar-refractivity contribution in [2.24, 2.45) is 28.2 Å². The minimum Gasteiger partial charge on any atom is -0.390 e. The van der Waals surface area contributed by atoms with Crippen LogP contribution in [-0.2, 0) is 11.3 Å². The predicted molar refractivity (Wildman–Crippen MR) is 97.0 cm³/mol. The molecule has 1 aromatic heterocycles. The maximum Gasteiger partial charge on any atom is 0.254 e. The fraction of sp³-hybridized carbons (Fsp3) is 0.800. The molecule has 4 bridgehead atoms. The summed E-state index contributed by atoms with van der Waals surface area (Å²) in [6.45, 7) is 3.09. The Hall–Kier alpha value is -0.940.